The quantitative estimate of drug-likeness (QED) is 0.281. The van der Waals surface area contributed by atoms with Crippen molar-refractivity contribution in [1.82, 2.24) is 29.6 Å². The Morgan fingerprint density at radius 2 is 2.00 bits per heavy atom. The fraction of sp³-hybridized carbons (Fsp3) is 0.385. The van der Waals surface area contributed by atoms with Crippen molar-refractivity contribution in [2.45, 2.75) is 32.8 Å². The molecule has 4 aromatic rings. The van der Waals surface area contributed by atoms with Crippen LogP contribution in [0.5, 0.6) is 0 Å². The second-order valence-electron chi connectivity index (χ2n) is 9.90. The fourth-order valence-corrected chi connectivity index (χ4v) is 5.46. The van der Waals surface area contributed by atoms with Crippen LogP contribution in [0.25, 0.3) is 22.2 Å². The zero-order chi connectivity index (χ0) is 27.7. The number of aromatic amines is 1. The van der Waals surface area contributed by atoms with Gasteiger partial charge in [0.25, 0.3) is 10.1 Å². The molecule has 0 spiro atoms. The summed E-state index contributed by atoms with van der Waals surface area (Å²) in [5.74, 6) is 0.968. The Balaban J connectivity index is 1.29. The van der Waals surface area contributed by atoms with Gasteiger partial charge < -0.3 is 15.6 Å². The first-order chi connectivity index (χ1) is 18.6. The largest absolute Gasteiger partial charge is 0.359 e. The number of para-hydroxylation sites is 1. The smallest absolute Gasteiger partial charge is 0.264 e. The summed E-state index contributed by atoms with van der Waals surface area (Å²) in [6.07, 6.45) is 5.51. The van der Waals surface area contributed by atoms with Crippen molar-refractivity contribution in [1.29, 1.82) is 0 Å². The molecule has 3 aromatic heterocycles. The number of rotatable bonds is 8. The number of likely N-dealkylation sites (tertiary alicyclic amines) is 1. The lowest BCUT2D eigenvalue weighted by Crippen LogP contribution is -2.41. The highest BCUT2D eigenvalue weighted by atomic mass is 32.2. The van der Waals surface area contributed by atoms with Crippen molar-refractivity contribution in [2.24, 2.45) is 7.05 Å². The third-order valence-electron chi connectivity index (χ3n) is 6.78. The number of fused-ring (bicyclic) bond motifs is 1. The van der Waals surface area contributed by atoms with Crippen molar-refractivity contribution < 1.29 is 17.4 Å². The van der Waals surface area contributed by atoms with Gasteiger partial charge in [0.15, 0.2) is 5.82 Å². The molecule has 0 bridgehead atoms. The summed E-state index contributed by atoms with van der Waals surface area (Å²) in [6, 6.07) is 7.67. The Labute approximate surface area is 226 Å². The minimum atomic E-state index is -3.48. The molecule has 206 valence electrons. The first kappa shape index (κ1) is 26.8. The minimum absolute atomic E-state index is 0.142. The number of amides is 1. The van der Waals surface area contributed by atoms with Gasteiger partial charge in [0.2, 0.25) is 11.9 Å². The number of aromatic nitrogens is 5. The number of hydrogen-bond donors (Lipinski definition) is 3. The minimum Gasteiger partial charge on any atom is -0.359 e. The van der Waals surface area contributed by atoms with Gasteiger partial charge in [0, 0.05) is 55.2 Å². The number of benzene rings is 1. The molecule has 0 radical (unpaired) electrons. The third kappa shape index (κ3) is 6.27. The highest BCUT2D eigenvalue weighted by Crippen LogP contribution is 2.33. The second kappa shape index (κ2) is 10.8. The molecular formula is C26H32N8O4S. The summed E-state index contributed by atoms with van der Waals surface area (Å²) in [5.41, 5.74) is 5.07. The van der Waals surface area contributed by atoms with Gasteiger partial charge in [-0.2, -0.15) is 13.5 Å². The molecule has 0 saturated carbocycles. The van der Waals surface area contributed by atoms with Crippen LogP contribution in [0.1, 0.15) is 24.1 Å². The molecule has 0 unspecified atom stereocenters. The summed E-state index contributed by atoms with van der Waals surface area (Å²) in [4.78, 5) is 27.4. The Morgan fingerprint density at radius 3 is 2.69 bits per heavy atom. The molecule has 1 saturated heterocycles. The number of carbonyl (C=O) groups is 1. The molecule has 1 aliphatic rings. The SMILES string of the molecule is Cc1cnc(Nc2cc(C)n(C)n2)nc1-c1c[nH]c2c(NC(=O)CN3CCC(OS(C)(=O)=O)CC3)cccc12. The van der Waals surface area contributed by atoms with E-state index in [0.29, 0.717) is 43.4 Å². The van der Waals surface area contributed by atoms with Crippen molar-refractivity contribution >= 4 is 44.4 Å². The lowest BCUT2D eigenvalue weighted by molar-refractivity contribution is -0.117. The maximum absolute atomic E-state index is 12.9. The first-order valence-corrected chi connectivity index (χ1v) is 14.5. The van der Waals surface area contributed by atoms with E-state index in [1.807, 2.05) is 56.3 Å². The number of hydrogen-bond acceptors (Lipinski definition) is 9. The molecule has 1 fully saturated rings. The van der Waals surface area contributed by atoms with E-state index in [9.17, 15) is 13.2 Å². The molecule has 12 nitrogen and oxygen atoms in total. The van der Waals surface area contributed by atoms with Crippen LogP contribution in [0.3, 0.4) is 0 Å². The lowest BCUT2D eigenvalue weighted by atomic mass is 10.1. The zero-order valence-corrected chi connectivity index (χ0v) is 23.2. The predicted octanol–water partition coefficient (Wildman–Crippen LogP) is 3.10. The number of anilines is 3. The summed E-state index contributed by atoms with van der Waals surface area (Å²) in [6.45, 7) is 5.32. The highest BCUT2D eigenvalue weighted by molar-refractivity contribution is 7.86. The van der Waals surface area contributed by atoms with Gasteiger partial charge in [0.05, 0.1) is 35.8 Å². The van der Waals surface area contributed by atoms with Crippen LogP contribution in [-0.2, 0) is 26.1 Å². The molecule has 1 aliphatic heterocycles. The molecule has 5 rings (SSSR count). The van der Waals surface area contributed by atoms with Crippen molar-refractivity contribution in [3.63, 3.8) is 0 Å². The Kier molecular flexibility index (Phi) is 7.38. The van der Waals surface area contributed by atoms with Crippen LogP contribution in [0.2, 0.25) is 0 Å². The van der Waals surface area contributed by atoms with Gasteiger partial charge in [0.1, 0.15) is 0 Å². The summed E-state index contributed by atoms with van der Waals surface area (Å²) >= 11 is 0. The van der Waals surface area contributed by atoms with E-state index >= 15 is 0 Å². The molecular weight excluding hydrogens is 520 g/mol. The van der Waals surface area contributed by atoms with Crippen LogP contribution >= 0.6 is 0 Å². The van der Waals surface area contributed by atoms with Gasteiger partial charge in [-0.05, 0) is 38.3 Å². The van der Waals surface area contributed by atoms with E-state index in [1.54, 1.807) is 10.9 Å². The Bertz CT molecular complexity index is 1600. The molecule has 4 heterocycles. The van der Waals surface area contributed by atoms with Crippen molar-refractivity contribution in [3.8, 4) is 11.3 Å². The van der Waals surface area contributed by atoms with Gasteiger partial charge in [-0.25, -0.2) is 9.97 Å². The monoisotopic (exact) mass is 552 g/mol. The molecule has 3 N–H and O–H groups in total. The normalized spacial score (nSPS) is 15.1. The van der Waals surface area contributed by atoms with E-state index in [0.717, 1.165) is 39.7 Å². The average molecular weight is 553 g/mol. The molecule has 0 atom stereocenters. The topological polar surface area (TPSA) is 147 Å². The maximum Gasteiger partial charge on any atom is 0.264 e. The highest BCUT2D eigenvalue weighted by Gasteiger charge is 2.24. The Morgan fingerprint density at radius 1 is 1.23 bits per heavy atom. The molecule has 1 aromatic carbocycles. The van der Waals surface area contributed by atoms with E-state index in [2.05, 4.69) is 25.7 Å². The molecule has 39 heavy (non-hydrogen) atoms. The van der Waals surface area contributed by atoms with Crippen LogP contribution in [0.15, 0.2) is 36.7 Å². The third-order valence-corrected chi connectivity index (χ3v) is 7.40. The predicted molar refractivity (Wildman–Crippen MR) is 149 cm³/mol. The van der Waals surface area contributed by atoms with Crippen LogP contribution < -0.4 is 10.6 Å². The zero-order valence-electron chi connectivity index (χ0n) is 22.4. The number of H-pyrrole nitrogens is 1. The Hall–Kier alpha value is -3.81. The van der Waals surface area contributed by atoms with Crippen LogP contribution in [0, 0.1) is 13.8 Å². The number of piperidine rings is 1. The van der Waals surface area contributed by atoms with Crippen LogP contribution in [-0.4, -0.2) is 76.0 Å². The van der Waals surface area contributed by atoms with Crippen molar-refractivity contribution in [2.75, 3.05) is 36.5 Å². The van der Waals surface area contributed by atoms with Gasteiger partial charge in [-0.3, -0.25) is 18.6 Å². The first-order valence-electron chi connectivity index (χ1n) is 12.7. The molecule has 1 amide bonds. The number of nitrogens with one attached hydrogen (secondary N) is 3. The summed E-state index contributed by atoms with van der Waals surface area (Å²) in [7, 11) is -1.60. The van der Waals surface area contributed by atoms with Gasteiger partial charge in [-0.1, -0.05) is 12.1 Å². The van der Waals surface area contributed by atoms with E-state index in [4.69, 9.17) is 9.17 Å². The number of aryl methyl sites for hydroxylation is 3. The lowest BCUT2D eigenvalue weighted by Gasteiger charge is -2.30. The van der Waals surface area contributed by atoms with E-state index in [-0.39, 0.29) is 18.6 Å². The average Bonchev–Trinajstić information content (AvgIpc) is 3.43. The fourth-order valence-electron chi connectivity index (χ4n) is 4.77. The standard InChI is InChI=1S/C26H32N8O4S/c1-16-13-28-26(30-22-12-17(2)33(3)32-22)31-24(16)20-14-27-25-19(20)6-5-7-21(25)29-23(35)15-34-10-8-18(9-11-34)38-39(4,36)37/h5-7,12-14,18,27H,8-11,15H2,1-4H3,(H,29,35)(H,28,30,31,32). The van der Waals surface area contributed by atoms with E-state index < -0.39 is 10.1 Å². The van der Waals surface area contributed by atoms with E-state index in [1.165, 1.54) is 0 Å². The molecule has 13 heteroatoms. The second-order valence-corrected chi connectivity index (χ2v) is 11.5. The maximum atomic E-state index is 12.9. The van der Waals surface area contributed by atoms with Crippen molar-refractivity contribution in [3.05, 3.63) is 47.9 Å². The number of carbonyl (C=O) groups excluding carboxylic acids is 1. The summed E-state index contributed by atoms with van der Waals surface area (Å²) in [5, 5.41) is 11.5. The summed E-state index contributed by atoms with van der Waals surface area (Å²) < 4.78 is 29.6. The molecule has 0 aliphatic carbocycles. The van der Waals surface area contributed by atoms with Crippen LogP contribution in [0.4, 0.5) is 17.5 Å². The number of nitrogens with zero attached hydrogens (tertiary/aromatic N) is 5. The van der Waals surface area contributed by atoms with Gasteiger partial charge in [-0.15, -0.1) is 0 Å². The van der Waals surface area contributed by atoms with Gasteiger partial charge >= 0.3 is 0 Å².